The van der Waals surface area contributed by atoms with E-state index in [-0.39, 0.29) is 0 Å². The van der Waals surface area contributed by atoms with Gasteiger partial charge in [0, 0.05) is 23.7 Å². The number of phenolic OH excluding ortho intramolecular Hbond substituents is 1. The fraction of sp³-hybridized carbons (Fsp3) is 0.455. The molecule has 2 unspecified atom stereocenters. The van der Waals surface area contributed by atoms with Gasteiger partial charge in [0.25, 0.3) is 0 Å². The van der Waals surface area contributed by atoms with Gasteiger partial charge in [-0.15, -0.1) is 0 Å². The van der Waals surface area contributed by atoms with Gasteiger partial charge < -0.3 is 10.4 Å². The number of anilines is 1. The average Bonchev–Trinajstić information content (AvgIpc) is 2.62. The maximum Gasteiger partial charge on any atom is 0.117 e. The molecule has 0 aromatic heterocycles. The van der Waals surface area contributed by atoms with E-state index in [1.807, 2.05) is 6.07 Å². The van der Waals surface area contributed by atoms with Gasteiger partial charge in [-0.3, -0.25) is 0 Å². The highest BCUT2D eigenvalue weighted by atomic mass is 16.3. The van der Waals surface area contributed by atoms with Crippen LogP contribution in [0, 0.1) is 0 Å². The van der Waals surface area contributed by atoms with Crippen molar-refractivity contribution < 1.29 is 5.11 Å². The van der Waals surface area contributed by atoms with Crippen molar-refractivity contribution >= 4 is 5.69 Å². The summed E-state index contributed by atoms with van der Waals surface area (Å²) in [7, 11) is 0. The fourth-order valence-corrected chi connectivity index (χ4v) is 2.70. The van der Waals surface area contributed by atoms with Crippen molar-refractivity contribution in [2.45, 2.75) is 31.2 Å². The predicted molar refractivity (Wildman–Crippen MR) is 52.1 cm³/mol. The van der Waals surface area contributed by atoms with Crippen molar-refractivity contribution in [2.75, 3.05) is 5.32 Å². The number of nitrogens with one attached hydrogen (secondary N) is 1. The summed E-state index contributed by atoms with van der Waals surface area (Å²) in [6.07, 6.45) is 3.91. The molecule has 0 radical (unpaired) electrons. The first-order chi connectivity index (χ1) is 6.34. The molecule has 2 atom stereocenters. The number of rotatable bonds is 0. The van der Waals surface area contributed by atoms with Crippen LogP contribution in [0.5, 0.6) is 5.75 Å². The third-order valence-electron chi connectivity index (χ3n) is 3.29. The lowest BCUT2D eigenvalue weighted by Crippen LogP contribution is -2.13. The molecule has 1 aliphatic carbocycles. The molecule has 13 heavy (non-hydrogen) atoms. The zero-order valence-corrected chi connectivity index (χ0v) is 7.46. The first-order valence-corrected chi connectivity index (χ1v) is 4.94. The summed E-state index contributed by atoms with van der Waals surface area (Å²) >= 11 is 0. The van der Waals surface area contributed by atoms with E-state index >= 15 is 0 Å². The van der Waals surface area contributed by atoms with E-state index < -0.39 is 0 Å². The minimum atomic E-state index is 0.367. The molecule has 68 valence electrons. The Bertz CT molecular complexity index is 348. The van der Waals surface area contributed by atoms with Crippen LogP contribution in [0.4, 0.5) is 5.69 Å². The van der Waals surface area contributed by atoms with E-state index in [0.29, 0.717) is 17.7 Å². The summed E-state index contributed by atoms with van der Waals surface area (Å²) in [6, 6.07) is 6.33. The number of hydrogen-bond donors (Lipinski definition) is 2. The average molecular weight is 175 g/mol. The van der Waals surface area contributed by atoms with E-state index in [0.717, 1.165) is 5.69 Å². The molecule has 1 aliphatic heterocycles. The molecule has 1 aromatic carbocycles. The maximum atomic E-state index is 9.32. The third-order valence-corrected chi connectivity index (χ3v) is 3.29. The van der Waals surface area contributed by atoms with Crippen LogP contribution in [0.1, 0.15) is 30.7 Å². The van der Waals surface area contributed by atoms with Crippen molar-refractivity contribution in [1.29, 1.82) is 0 Å². The molecule has 2 nitrogen and oxygen atoms in total. The van der Waals surface area contributed by atoms with E-state index in [1.165, 1.54) is 24.8 Å². The van der Waals surface area contributed by atoms with Crippen molar-refractivity contribution in [1.82, 2.24) is 0 Å². The lowest BCUT2D eigenvalue weighted by molar-refractivity contribution is 0.475. The zero-order chi connectivity index (χ0) is 8.84. The Morgan fingerprint density at radius 1 is 1.31 bits per heavy atom. The monoisotopic (exact) mass is 175 g/mol. The Labute approximate surface area is 77.6 Å². The van der Waals surface area contributed by atoms with Crippen LogP contribution in [-0.2, 0) is 0 Å². The molecule has 2 heteroatoms. The topological polar surface area (TPSA) is 32.3 Å². The number of hydrogen-bond acceptors (Lipinski definition) is 2. The third kappa shape index (κ3) is 0.947. The molecule has 1 heterocycles. The molecule has 0 saturated heterocycles. The first-order valence-electron chi connectivity index (χ1n) is 4.94. The van der Waals surface area contributed by atoms with Crippen LogP contribution in [0.25, 0.3) is 0 Å². The standard InChI is InChI=1S/C11H13NO/c13-7-4-5-9-8-2-1-3-10(8)12-11(9)6-7/h4-6,8,10,12-13H,1-3H2. The Balaban J connectivity index is 2.08. The maximum absolute atomic E-state index is 9.32. The molecule has 1 aromatic rings. The van der Waals surface area contributed by atoms with Gasteiger partial charge in [-0.2, -0.15) is 0 Å². The lowest BCUT2D eigenvalue weighted by Gasteiger charge is -2.07. The smallest absolute Gasteiger partial charge is 0.117 e. The van der Waals surface area contributed by atoms with Crippen molar-refractivity contribution in [3.63, 3.8) is 0 Å². The first kappa shape index (κ1) is 7.25. The van der Waals surface area contributed by atoms with Gasteiger partial charge in [0.2, 0.25) is 0 Å². The summed E-state index contributed by atoms with van der Waals surface area (Å²) in [5, 5.41) is 12.8. The minimum absolute atomic E-state index is 0.367. The van der Waals surface area contributed by atoms with Crippen LogP contribution >= 0.6 is 0 Å². The van der Waals surface area contributed by atoms with Gasteiger partial charge in [0.15, 0.2) is 0 Å². The second-order valence-corrected chi connectivity index (χ2v) is 4.06. The number of benzene rings is 1. The van der Waals surface area contributed by atoms with Crippen molar-refractivity contribution in [2.24, 2.45) is 0 Å². The molecule has 2 N–H and O–H groups in total. The fourth-order valence-electron chi connectivity index (χ4n) is 2.70. The van der Waals surface area contributed by atoms with Gasteiger partial charge in [-0.1, -0.05) is 12.5 Å². The number of fused-ring (bicyclic) bond motifs is 3. The summed E-state index contributed by atoms with van der Waals surface area (Å²) in [5.74, 6) is 1.07. The summed E-state index contributed by atoms with van der Waals surface area (Å²) in [4.78, 5) is 0. The van der Waals surface area contributed by atoms with Crippen LogP contribution in [0.2, 0.25) is 0 Å². The van der Waals surface area contributed by atoms with Gasteiger partial charge in [-0.25, -0.2) is 0 Å². The van der Waals surface area contributed by atoms with Crippen LogP contribution in [0.3, 0.4) is 0 Å². The molecule has 1 saturated carbocycles. The summed E-state index contributed by atoms with van der Waals surface area (Å²) < 4.78 is 0. The van der Waals surface area contributed by atoms with E-state index in [9.17, 15) is 5.11 Å². The molecule has 3 rings (SSSR count). The Hall–Kier alpha value is -1.18. The van der Waals surface area contributed by atoms with Crippen molar-refractivity contribution in [3.05, 3.63) is 23.8 Å². The van der Waals surface area contributed by atoms with Crippen LogP contribution in [-0.4, -0.2) is 11.1 Å². The predicted octanol–water partition coefficient (Wildman–Crippen LogP) is 2.45. The Morgan fingerprint density at radius 3 is 3.15 bits per heavy atom. The zero-order valence-electron chi connectivity index (χ0n) is 7.46. The number of aromatic hydroxyl groups is 1. The van der Waals surface area contributed by atoms with E-state index in [1.54, 1.807) is 6.07 Å². The lowest BCUT2D eigenvalue weighted by atomic mass is 9.98. The molecule has 2 aliphatic rings. The van der Waals surface area contributed by atoms with Gasteiger partial charge in [0.1, 0.15) is 5.75 Å². The van der Waals surface area contributed by atoms with Gasteiger partial charge in [0.05, 0.1) is 0 Å². The van der Waals surface area contributed by atoms with Crippen LogP contribution in [0.15, 0.2) is 18.2 Å². The van der Waals surface area contributed by atoms with Crippen LogP contribution < -0.4 is 5.32 Å². The quantitative estimate of drug-likeness (QED) is 0.634. The van der Waals surface area contributed by atoms with E-state index in [2.05, 4.69) is 11.4 Å². The van der Waals surface area contributed by atoms with Gasteiger partial charge >= 0.3 is 0 Å². The van der Waals surface area contributed by atoms with Crippen molar-refractivity contribution in [3.8, 4) is 5.75 Å². The molecule has 0 spiro atoms. The van der Waals surface area contributed by atoms with E-state index in [4.69, 9.17) is 0 Å². The molecule has 1 fully saturated rings. The molecular formula is C11H13NO. The summed E-state index contributed by atoms with van der Waals surface area (Å²) in [5.41, 5.74) is 2.55. The highest BCUT2D eigenvalue weighted by Crippen LogP contribution is 2.45. The van der Waals surface area contributed by atoms with Gasteiger partial charge in [-0.05, 0) is 24.5 Å². The minimum Gasteiger partial charge on any atom is -0.508 e. The molecule has 0 amide bonds. The molecular weight excluding hydrogens is 162 g/mol. The Morgan fingerprint density at radius 2 is 2.23 bits per heavy atom. The molecule has 0 bridgehead atoms. The second kappa shape index (κ2) is 2.41. The summed E-state index contributed by atoms with van der Waals surface area (Å²) in [6.45, 7) is 0. The highest BCUT2D eigenvalue weighted by molar-refractivity contribution is 5.62. The second-order valence-electron chi connectivity index (χ2n) is 4.06. The highest BCUT2D eigenvalue weighted by Gasteiger charge is 2.35. The number of phenols is 1. The largest absolute Gasteiger partial charge is 0.508 e. The Kier molecular flexibility index (Phi) is 1.34. The normalized spacial score (nSPS) is 29.5. The SMILES string of the molecule is Oc1ccc2c(c1)NC1CCCC21.